The minimum absolute atomic E-state index is 0.00911. The number of carbonyl (C=O) groups excluding carboxylic acids is 3. The molecule has 0 unspecified atom stereocenters. The Kier molecular flexibility index (Phi) is 16.4. The molecule has 0 atom stereocenters. The van der Waals surface area contributed by atoms with Crippen molar-refractivity contribution in [3.8, 4) is 0 Å². The Hall–Kier alpha value is -4.08. The number of esters is 3. The molecule has 15 nitrogen and oxygen atoms in total. The van der Waals surface area contributed by atoms with Gasteiger partial charge in [0.25, 0.3) is 0 Å². The van der Waals surface area contributed by atoms with Crippen molar-refractivity contribution in [2.75, 3.05) is 59.5 Å². The van der Waals surface area contributed by atoms with E-state index in [4.69, 9.17) is 28.4 Å². The number of aromatic nitrogens is 3. The number of rotatable bonds is 21. The van der Waals surface area contributed by atoms with Crippen molar-refractivity contribution in [1.82, 2.24) is 13.7 Å². The van der Waals surface area contributed by atoms with Crippen LogP contribution in [-0.2, 0) is 62.4 Å². The molecule has 0 aliphatic rings. The second-order valence-corrected chi connectivity index (χ2v) is 8.89. The Morgan fingerprint density at radius 1 is 0.476 bits per heavy atom. The lowest BCUT2D eigenvalue weighted by Gasteiger charge is -2.14. The molecule has 234 valence electrons. The van der Waals surface area contributed by atoms with Gasteiger partial charge in [-0.25, -0.2) is 42.5 Å². The third kappa shape index (κ3) is 12.6. The molecule has 0 saturated carbocycles. The molecule has 15 heteroatoms. The first-order valence-electron chi connectivity index (χ1n) is 13.0. The van der Waals surface area contributed by atoms with Crippen molar-refractivity contribution in [2.45, 2.75) is 40.4 Å². The molecule has 0 aliphatic heterocycles. The number of nitrogens with zero attached hydrogens (tertiary/aromatic N) is 3. The van der Waals surface area contributed by atoms with Gasteiger partial charge in [-0.15, -0.1) is 0 Å². The monoisotopic (exact) mass is 597 g/mol. The van der Waals surface area contributed by atoms with E-state index < -0.39 is 35.0 Å². The van der Waals surface area contributed by atoms with Gasteiger partial charge in [-0.2, -0.15) is 0 Å². The van der Waals surface area contributed by atoms with Crippen LogP contribution in [-0.4, -0.2) is 91.1 Å². The first kappa shape index (κ1) is 35.9. The largest absolute Gasteiger partial charge is 0.460 e. The lowest BCUT2D eigenvalue weighted by molar-refractivity contribution is -0.141. The molecule has 0 bridgehead atoms. The van der Waals surface area contributed by atoms with Crippen LogP contribution in [0.5, 0.6) is 0 Å². The van der Waals surface area contributed by atoms with E-state index in [1.54, 1.807) is 0 Å². The molecule has 0 N–H and O–H groups in total. The molecule has 1 heterocycles. The molecule has 0 aliphatic carbocycles. The molecular weight excluding hydrogens is 558 g/mol. The van der Waals surface area contributed by atoms with E-state index in [0.29, 0.717) is 0 Å². The van der Waals surface area contributed by atoms with Crippen molar-refractivity contribution < 1.29 is 42.8 Å². The predicted molar refractivity (Wildman–Crippen MR) is 149 cm³/mol. The van der Waals surface area contributed by atoms with Gasteiger partial charge in [-0.3, -0.25) is 0 Å². The van der Waals surface area contributed by atoms with Crippen molar-refractivity contribution in [1.29, 1.82) is 0 Å². The van der Waals surface area contributed by atoms with Gasteiger partial charge < -0.3 is 28.4 Å². The van der Waals surface area contributed by atoms with E-state index >= 15 is 0 Å². The summed E-state index contributed by atoms with van der Waals surface area (Å²) in [6, 6.07) is 0. The molecule has 0 fully saturated rings. The Morgan fingerprint density at radius 2 is 0.714 bits per heavy atom. The minimum atomic E-state index is -0.872. The fraction of sp³-hybridized carbons (Fsp3) is 0.556. The van der Waals surface area contributed by atoms with E-state index in [0.717, 1.165) is 13.7 Å². The maximum Gasteiger partial charge on any atom is 0.336 e. The number of carbonyl (C=O) groups is 3. The fourth-order valence-electron chi connectivity index (χ4n) is 2.98. The van der Waals surface area contributed by atoms with Crippen LogP contribution in [0.1, 0.15) is 20.8 Å². The summed E-state index contributed by atoms with van der Waals surface area (Å²) in [5.74, 6) is -1.72. The second-order valence-electron chi connectivity index (χ2n) is 8.89. The van der Waals surface area contributed by atoms with E-state index in [1.807, 2.05) is 0 Å². The SMILES string of the molecule is C=C(C)C(=O)OCCOCCn1c(=O)n(CCOCCOC(=O)C(=C)C)c(=O)n(CCOCCOC(=O)C(=C)C)c1=O. The third-order valence-corrected chi connectivity index (χ3v) is 5.19. The van der Waals surface area contributed by atoms with Gasteiger partial charge in [0, 0.05) is 16.7 Å². The van der Waals surface area contributed by atoms with Gasteiger partial charge in [0.05, 0.1) is 59.3 Å². The first-order valence-corrected chi connectivity index (χ1v) is 13.0. The van der Waals surface area contributed by atoms with Crippen LogP contribution in [0, 0.1) is 0 Å². The zero-order valence-electron chi connectivity index (χ0n) is 24.3. The van der Waals surface area contributed by atoms with Crippen LogP contribution in [0.4, 0.5) is 0 Å². The summed E-state index contributed by atoms with van der Waals surface area (Å²) in [5, 5.41) is 0. The molecule has 1 aromatic rings. The predicted octanol–water partition coefficient (Wildman–Crippen LogP) is -0.421. The first-order chi connectivity index (χ1) is 19.9. The van der Waals surface area contributed by atoms with Crippen LogP contribution in [0.15, 0.2) is 50.8 Å². The smallest absolute Gasteiger partial charge is 0.336 e. The van der Waals surface area contributed by atoms with Gasteiger partial charge in [-0.05, 0) is 20.8 Å². The van der Waals surface area contributed by atoms with E-state index in [1.165, 1.54) is 20.8 Å². The normalized spacial score (nSPS) is 10.6. The van der Waals surface area contributed by atoms with Gasteiger partial charge in [0.1, 0.15) is 19.8 Å². The van der Waals surface area contributed by atoms with Crippen LogP contribution >= 0.6 is 0 Å². The summed E-state index contributed by atoms with van der Waals surface area (Å²) in [4.78, 5) is 73.3. The highest BCUT2D eigenvalue weighted by Gasteiger charge is 2.16. The zero-order chi connectivity index (χ0) is 31.7. The summed E-state index contributed by atoms with van der Waals surface area (Å²) < 4.78 is 33.4. The quantitative estimate of drug-likeness (QED) is 0.0776. The number of hydrogen-bond donors (Lipinski definition) is 0. The minimum Gasteiger partial charge on any atom is -0.460 e. The average molecular weight is 598 g/mol. The molecule has 0 saturated heterocycles. The van der Waals surface area contributed by atoms with Crippen molar-refractivity contribution in [3.05, 3.63) is 67.9 Å². The number of ether oxygens (including phenoxy) is 6. The summed E-state index contributed by atoms with van der Waals surface area (Å²) in [7, 11) is 0. The van der Waals surface area contributed by atoms with E-state index in [2.05, 4.69) is 19.7 Å². The van der Waals surface area contributed by atoms with Gasteiger partial charge in [0.2, 0.25) is 0 Å². The molecule has 0 radical (unpaired) electrons. The van der Waals surface area contributed by atoms with Gasteiger partial charge in [0.15, 0.2) is 0 Å². The van der Waals surface area contributed by atoms with Crippen LogP contribution in [0.3, 0.4) is 0 Å². The lowest BCUT2D eigenvalue weighted by Crippen LogP contribution is -2.55. The summed E-state index contributed by atoms with van der Waals surface area (Å²) >= 11 is 0. The molecule has 0 aromatic carbocycles. The van der Waals surface area contributed by atoms with Crippen LogP contribution < -0.4 is 17.1 Å². The third-order valence-electron chi connectivity index (χ3n) is 5.19. The summed E-state index contributed by atoms with van der Waals surface area (Å²) in [6.45, 7) is 13.9. The highest BCUT2D eigenvalue weighted by Crippen LogP contribution is 1.94. The Morgan fingerprint density at radius 3 is 0.929 bits per heavy atom. The van der Waals surface area contributed by atoms with Crippen molar-refractivity contribution in [2.24, 2.45) is 0 Å². The second kappa shape index (κ2) is 19.1. The topological polar surface area (TPSA) is 173 Å². The highest BCUT2D eigenvalue weighted by molar-refractivity contribution is 5.87. The van der Waals surface area contributed by atoms with Crippen molar-refractivity contribution in [3.63, 3.8) is 0 Å². The Bertz CT molecular complexity index is 1120. The zero-order valence-corrected chi connectivity index (χ0v) is 24.3. The molecule has 1 aromatic heterocycles. The fourth-order valence-corrected chi connectivity index (χ4v) is 2.98. The molecule has 42 heavy (non-hydrogen) atoms. The van der Waals surface area contributed by atoms with Crippen LogP contribution in [0.25, 0.3) is 0 Å². The molecule has 0 amide bonds. The molecule has 0 spiro atoms. The van der Waals surface area contributed by atoms with E-state index in [-0.39, 0.29) is 95.8 Å². The Balaban J connectivity index is 2.88. The van der Waals surface area contributed by atoms with Crippen molar-refractivity contribution >= 4 is 17.9 Å². The highest BCUT2D eigenvalue weighted by atomic mass is 16.6. The average Bonchev–Trinajstić information content (AvgIpc) is 2.93. The molecular formula is C27H39N3O12. The maximum atomic E-state index is 13.0. The van der Waals surface area contributed by atoms with Crippen LogP contribution in [0.2, 0.25) is 0 Å². The van der Waals surface area contributed by atoms with E-state index in [9.17, 15) is 28.8 Å². The summed E-state index contributed by atoms with van der Waals surface area (Å²) in [5.41, 5.74) is -1.91. The molecule has 1 rings (SSSR count). The van der Waals surface area contributed by atoms with Gasteiger partial charge >= 0.3 is 35.0 Å². The standard InChI is InChI=1S/C27H39N3O12/c1-19(2)22(31)40-16-13-37-10-7-28-25(34)29(8-11-38-14-17-41-23(32)20(3)4)27(36)30(26(28)35)9-12-39-15-18-42-24(33)21(5)6/h1,3,5,7-18H2,2,4,6H3. The lowest BCUT2D eigenvalue weighted by atomic mass is 10.4. The maximum absolute atomic E-state index is 13.0. The number of hydrogen-bond acceptors (Lipinski definition) is 12. The Labute approximate surface area is 242 Å². The summed E-state index contributed by atoms with van der Waals surface area (Å²) in [6.07, 6.45) is 0. The van der Waals surface area contributed by atoms with Gasteiger partial charge in [-0.1, -0.05) is 19.7 Å².